The third kappa shape index (κ3) is 2.53. The third-order valence-corrected chi connectivity index (χ3v) is 2.49. The lowest BCUT2D eigenvalue weighted by atomic mass is 10.3. The minimum Gasteiger partial charge on any atom is -0.368 e. The first-order chi connectivity index (χ1) is 8.60. The van der Waals surface area contributed by atoms with Crippen LogP contribution in [0.15, 0.2) is 6.33 Å². The number of anilines is 2. The molecule has 1 unspecified atom stereocenters. The van der Waals surface area contributed by atoms with Gasteiger partial charge in [0.2, 0.25) is 11.9 Å². The van der Waals surface area contributed by atoms with Gasteiger partial charge >= 0.3 is 0 Å². The minimum atomic E-state index is -0.0657. The highest BCUT2D eigenvalue weighted by atomic mass is 15.3. The second kappa shape index (κ2) is 4.94. The number of hydrogen-bond acceptors (Lipinski definition) is 7. The molecule has 0 aliphatic carbocycles. The van der Waals surface area contributed by atoms with Gasteiger partial charge in [0.25, 0.3) is 0 Å². The van der Waals surface area contributed by atoms with Gasteiger partial charge in [-0.2, -0.15) is 15.0 Å². The van der Waals surface area contributed by atoms with Crippen LogP contribution in [0, 0.1) is 0 Å². The fraction of sp³-hybridized carbons (Fsp3) is 0.500. The molecule has 0 saturated carbocycles. The normalized spacial score (nSPS) is 12.4. The van der Waals surface area contributed by atoms with E-state index in [2.05, 4.69) is 30.5 Å². The molecule has 0 saturated heterocycles. The average Bonchev–Trinajstić information content (AvgIpc) is 2.74. The summed E-state index contributed by atoms with van der Waals surface area (Å²) >= 11 is 0. The van der Waals surface area contributed by atoms with Crippen molar-refractivity contribution in [3.05, 3.63) is 18.0 Å². The topological polar surface area (TPSA) is 107 Å². The second-order valence-corrected chi connectivity index (χ2v) is 3.95. The first kappa shape index (κ1) is 12.2. The van der Waals surface area contributed by atoms with Crippen LogP contribution in [0.2, 0.25) is 0 Å². The van der Waals surface area contributed by atoms with E-state index in [9.17, 15) is 0 Å². The maximum Gasteiger partial charge on any atom is 0.228 e. The van der Waals surface area contributed by atoms with Crippen molar-refractivity contribution in [3.63, 3.8) is 0 Å². The molecule has 3 N–H and O–H groups in total. The van der Waals surface area contributed by atoms with Crippen LogP contribution < -0.4 is 11.1 Å². The van der Waals surface area contributed by atoms with Crippen molar-refractivity contribution in [1.82, 2.24) is 29.7 Å². The lowest BCUT2D eigenvalue weighted by Gasteiger charge is -2.13. The minimum absolute atomic E-state index is 0.0657. The highest BCUT2D eigenvalue weighted by molar-refractivity contribution is 5.32. The van der Waals surface area contributed by atoms with Crippen LogP contribution in [0.25, 0.3) is 0 Å². The van der Waals surface area contributed by atoms with Crippen LogP contribution in [0.3, 0.4) is 0 Å². The molecule has 2 aromatic rings. The summed E-state index contributed by atoms with van der Waals surface area (Å²) in [5, 5.41) is 11.0. The molecular formula is C10H16N8. The fourth-order valence-electron chi connectivity index (χ4n) is 1.60. The van der Waals surface area contributed by atoms with Crippen molar-refractivity contribution in [2.45, 2.75) is 26.3 Å². The summed E-state index contributed by atoms with van der Waals surface area (Å²) in [6, 6.07) is -0.0657. The summed E-state index contributed by atoms with van der Waals surface area (Å²) in [5.41, 5.74) is 5.62. The van der Waals surface area contributed by atoms with E-state index in [1.807, 2.05) is 25.5 Å². The smallest absolute Gasteiger partial charge is 0.228 e. The van der Waals surface area contributed by atoms with Gasteiger partial charge in [0.1, 0.15) is 12.2 Å². The van der Waals surface area contributed by atoms with Crippen LogP contribution in [-0.4, -0.2) is 29.7 Å². The van der Waals surface area contributed by atoms with Gasteiger partial charge in [0.15, 0.2) is 5.82 Å². The van der Waals surface area contributed by atoms with E-state index >= 15 is 0 Å². The van der Waals surface area contributed by atoms with Crippen molar-refractivity contribution in [3.8, 4) is 0 Å². The zero-order valence-electron chi connectivity index (χ0n) is 10.6. The number of aromatic nitrogens is 6. The number of nitrogens with two attached hydrogens (primary N) is 1. The summed E-state index contributed by atoms with van der Waals surface area (Å²) in [6.07, 6.45) is 2.35. The molecule has 1 atom stereocenters. The zero-order chi connectivity index (χ0) is 13.1. The molecule has 2 rings (SSSR count). The lowest BCUT2D eigenvalue weighted by molar-refractivity contribution is 0.710. The molecule has 0 aliphatic rings. The Morgan fingerprint density at radius 2 is 2.17 bits per heavy atom. The van der Waals surface area contributed by atoms with Crippen LogP contribution in [0.5, 0.6) is 0 Å². The first-order valence-corrected chi connectivity index (χ1v) is 5.71. The van der Waals surface area contributed by atoms with Gasteiger partial charge in [-0.25, -0.2) is 0 Å². The van der Waals surface area contributed by atoms with E-state index in [4.69, 9.17) is 5.73 Å². The van der Waals surface area contributed by atoms with Gasteiger partial charge in [0, 0.05) is 13.5 Å². The molecule has 0 bridgehead atoms. The van der Waals surface area contributed by atoms with E-state index in [1.165, 1.54) is 0 Å². The van der Waals surface area contributed by atoms with Gasteiger partial charge in [0.05, 0.1) is 6.04 Å². The standard InChI is InChI=1S/C10H16N8/c1-4-7-14-9(11)16-10(15-7)13-6(2)8-17-12-5-18(8)3/h5-6H,4H2,1-3H3,(H3,11,13,14,15,16). The summed E-state index contributed by atoms with van der Waals surface area (Å²) in [4.78, 5) is 12.3. The predicted octanol–water partition coefficient (Wildman–Crippen LogP) is 0.318. The number of aryl methyl sites for hydroxylation is 2. The van der Waals surface area contributed by atoms with E-state index in [1.54, 1.807) is 6.33 Å². The van der Waals surface area contributed by atoms with E-state index < -0.39 is 0 Å². The van der Waals surface area contributed by atoms with Crippen molar-refractivity contribution >= 4 is 11.9 Å². The van der Waals surface area contributed by atoms with Crippen LogP contribution >= 0.6 is 0 Å². The van der Waals surface area contributed by atoms with E-state index in [0.29, 0.717) is 18.2 Å². The first-order valence-electron chi connectivity index (χ1n) is 5.71. The fourth-order valence-corrected chi connectivity index (χ4v) is 1.60. The molecule has 0 fully saturated rings. The van der Waals surface area contributed by atoms with Gasteiger partial charge in [-0.1, -0.05) is 6.92 Å². The summed E-state index contributed by atoms with van der Waals surface area (Å²) < 4.78 is 1.84. The van der Waals surface area contributed by atoms with Gasteiger partial charge in [-0.3, -0.25) is 0 Å². The molecule has 2 heterocycles. The maximum absolute atomic E-state index is 5.62. The number of nitrogens with one attached hydrogen (secondary N) is 1. The molecule has 0 radical (unpaired) electrons. The number of hydrogen-bond donors (Lipinski definition) is 2. The molecule has 8 heteroatoms. The molecule has 2 aromatic heterocycles. The maximum atomic E-state index is 5.62. The molecule has 96 valence electrons. The highest BCUT2D eigenvalue weighted by Gasteiger charge is 2.13. The second-order valence-electron chi connectivity index (χ2n) is 3.95. The molecule has 18 heavy (non-hydrogen) atoms. The molecule has 0 amide bonds. The van der Waals surface area contributed by atoms with Crippen LogP contribution in [0.1, 0.15) is 31.5 Å². The quantitative estimate of drug-likeness (QED) is 0.802. The highest BCUT2D eigenvalue weighted by Crippen LogP contribution is 2.14. The Kier molecular flexibility index (Phi) is 3.35. The summed E-state index contributed by atoms with van der Waals surface area (Å²) in [7, 11) is 1.88. The lowest BCUT2D eigenvalue weighted by Crippen LogP contribution is -2.15. The number of rotatable bonds is 4. The monoisotopic (exact) mass is 248 g/mol. The predicted molar refractivity (Wildman–Crippen MR) is 66.7 cm³/mol. The third-order valence-electron chi connectivity index (χ3n) is 2.49. The Labute approximate surface area is 105 Å². The Bertz CT molecular complexity index is 534. The molecular weight excluding hydrogens is 232 g/mol. The molecule has 8 nitrogen and oxygen atoms in total. The zero-order valence-corrected chi connectivity index (χ0v) is 10.6. The van der Waals surface area contributed by atoms with Gasteiger partial charge in [-0.05, 0) is 6.92 Å². The Hall–Kier alpha value is -2.25. The van der Waals surface area contributed by atoms with Crippen molar-refractivity contribution in [2.24, 2.45) is 7.05 Å². The summed E-state index contributed by atoms with van der Waals surface area (Å²) in [5.74, 6) is 2.13. The molecule has 0 aliphatic heterocycles. The Balaban J connectivity index is 2.19. The Morgan fingerprint density at radius 1 is 1.39 bits per heavy atom. The van der Waals surface area contributed by atoms with Gasteiger partial charge < -0.3 is 15.6 Å². The summed E-state index contributed by atoms with van der Waals surface area (Å²) in [6.45, 7) is 3.92. The van der Waals surface area contributed by atoms with Crippen molar-refractivity contribution in [1.29, 1.82) is 0 Å². The molecule has 0 spiro atoms. The molecule has 0 aromatic carbocycles. The largest absolute Gasteiger partial charge is 0.368 e. The van der Waals surface area contributed by atoms with E-state index in [0.717, 1.165) is 5.82 Å². The number of nitrogen functional groups attached to an aromatic ring is 1. The van der Waals surface area contributed by atoms with Crippen molar-refractivity contribution in [2.75, 3.05) is 11.1 Å². The average molecular weight is 248 g/mol. The van der Waals surface area contributed by atoms with Crippen molar-refractivity contribution < 1.29 is 0 Å². The van der Waals surface area contributed by atoms with E-state index in [-0.39, 0.29) is 12.0 Å². The SMILES string of the molecule is CCc1nc(N)nc(NC(C)c2nncn2C)n1. The van der Waals surface area contributed by atoms with Gasteiger partial charge in [-0.15, -0.1) is 10.2 Å². The van der Waals surface area contributed by atoms with Crippen LogP contribution in [0.4, 0.5) is 11.9 Å². The Morgan fingerprint density at radius 3 is 2.78 bits per heavy atom. The van der Waals surface area contributed by atoms with Crippen LogP contribution in [-0.2, 0) is 13.5 Å². The number of nitrogens with zero attached hydrogens (tertiary/aromatic N) is 6.